The van der Waals surface area contributed by atoms with Crippen LogP contribution in [0, 0.1) is 0 Å². The maximum absolute atomic E-state index is 12.1. The van der Waals surface area contributed by atoms with Gasteiger partial charge in [-0.3, -0.25) is 9.69 Å². The van der Waals surface area contributed by atoms with Crippen LogP contribution in [0.15, 0.2) is 29.6 Å². The van der Waals surface area contributed by atoms with E-state index in [-0.39, 0.29) is 5.91 Å². The number of amides is 1. The average molecular weight is 346 g/mol. The van der Waals surface area contributed by atoms with Crippen molar-refractivity contribution in [1.29, 1.82) is 0 Å². The number of nitrogens with zero attached hydrogens (tertiary/aromatic N) is 2. The van der Waals surface area contributed by atoms with Gasteiger partial charge in [-0.2, -0.15) is 0 Å². The lowest BCUT2D eigenvalue weighted by molar-refractivity contribution is -0.120. The molecule has 1 aliphatic heterocycles. The molecular formula is C17H22N4O2S. The van der Waals surface area contributed by atoms with Gasteiger partial charge in [-0.05, 0) is 12.1 Å². The summed E-state index contributed by atoms with van der Waals surface area (Å²) < 4.78 is 5.31. The van der Waals surface area contributed by atoms with Crippen molar-refractivity contribution in [3.8, 4) is 10.6 Å². The van der Waals surface area contributed by atoms with Crippen molar-refractivity contribution in [1.82, 2.24) is 15.2 Å². The van der Waals surface area contributed by atoms with Crippen LogP contribution in [0.3, 0.4) is 0 Å². The van der Waals surface area contributed by atoms with Crippen molar-refractivity contribution < 1.29 is 9.53 Å². The summed E-state index contributed by atoms with van der Waals surface area (Å²) in [6, 6.07) is 7.63. The number of hydrogen-bond acceptors (Lipinski definition) is 6. The Kier molecular flexibility index (Phi) is 5.79. The molecule has 0 atom stereocenters. The lowest BCUT2D eigenvalue weighted by Crippen LogP contribution is -2.41. The number of para-hydroxylation sites is 1. The SMILES string of the molecule is Nc1ccccc1-c1nc(CC(=O)NCCN2CCOCC2)cs1. The Balaban J connectivity index is 1.47. The van der Waals surface area contributed by atoms with Gasteiger partial charge in [0.2, 0.25) is 5.91 Å². The summed E-state index contributed by atoms with van der Waals surface area (Å²) >= 11 is 1.51. The molecule has 1 saturated heterocycles. The zero-order chi connectivity index (χ0) is 16.8. The predicted molar refractivity (Wildman–Crippen MR) is 95.9 cm³/mol. The van der Waals surface area contributed by atoms with Gasteiger partial charge in [0.15, 0.2) is 0 Å². The predicted octanol–water partition coefficient (Wildman–Crippen LogP) is 1.38. The largest absolute Gasteiger partial charge is 0.398 e. The van der Waals surface area contributed by atoms with Gasteiger partial charge in [0.25, 0.3) is 0 Å². The van der Waals surface area contributed by atoms with Gasteiger partial charge in [-0.15, -0.1) is 11.3 Å². The third kappa shape index (κ3) is 4.53. The second-order valence-electron chi connectivity index (χ2n) is 5.71. The molecule has 6 nitrogen and oxygen atoms in total. The quantitative estimate of drug-likeness (QED) is 0.773. The summed E-state index contributed by atoms with van der Waals surface area (Å²) in [7, 11) is 0. The van der Waals surface area contributed by atoms with Gasteiger partial charge in [0, 0.05) is 42.8 Å². The molecule has 1 aromatic carbocycles. The molecule has 3 rings (SSSR count). The molecule has 24 heavy (non-hydrogen) atoms. The van der Waals surface area contributed by atoms with Crippen molar-refractivity contribution in [2.75, 3.05) is 45.1 Å². The molecule has 2 heterocycles. The minimum Gasteiger partial charge on any atom is -0.398 e. The van der Waals surface area contributed by atoms with E-state index >= 15 is 0 Å². The number of morpholine rings is 1. The van der Waals surface area contributed by atoms with Crippen molar-refractivity contribution >= 4 is 22.9 Å². The normalized spacial score (nSPS) is 15.3. The summed E-state index contributed by atoms with van der Waals surface area (Å²) in [5.41, 5.74) is 8.37. The van der Waals surface area contributed by atoms with Crippen LogP contribution in [-0.4, -0.2) is 55.2 Å². The number of thiazole rings is 1. The number of hydrogen-bond donors (Lipinski definition) is 2. The van der Waals surface area contributed by atoms with Gasteiger partial charge < -0.3 is 15.8 Å². The fourth-order valence-electron chi connectivity index (χ4n) is 2.61. The van der Waals surface area contributed by atoms with Crippen LogP contribution in [0.25, 0.3) is 10.6 Å². The number of aromatic nitrogens is 1. The molecule has 1 aromatic heterocycles. The minimum atomic E-state index is 0.00106. The van der Waals surface area contributed by atoms with Crippen LogP contribution in [0.4, 0.5) is 5.69 Å². The maximum Gasteiger partial charge on any atom is 0.226 e. The van der Waals surface area contributed by atoms with Gasteiger partial charge in [-0.1, -0.05) is 12.1 Å². The van der Waals surface area contributed by atoms with Gasteiger partial charge >= 0.3 is 0 Å². The smallest absolute Gasteiger partial charge is 0.226 e. The van der Waals surface area contributed by atoms with E-state index < -0.39 is 0 Å². The summed E-state index contributed by atoms with van der Waals surface area (Å²) in [6.07, 6.45) is 0.298. The Bertz CT molecular complexity index is 683. The Hall–Kier alpha value is -1.96. The zero-order valence-electron chi connectivity index (χ0n) is 13.5. The molecule has 2 aromatic rings. The van der Waals surface area contributed by atoms with E-state index in [9.17, 15) is 4.79 Å². The van der Waals surface area contributed by atoms with Crippen molar-refractivity contribution in [3.63, 3.8) is 0 Å². The molecule has 0 unspecified atom stereocenters. The number of nitrogens with one attached hydrogen (secondary N) is 1. The van der Waals surface area contributed by atoms with Crippen LogP contribution in [0.2, 0.25) is 0 Å². The molecule has 3 N–H and O–H groups in total. The average Bonchev–Trinajstić information content (AvgIpc) is 3.04. The highest BCUT2D eigenvalue weighted by Crippen LogP contribution is 2.28. The summed E-state index contributed by atoms with van der Waals surface area (Å²) in [4.78, 5) is 18.9. The molecule has 128 valence electrons. The zero-order valence-corrected chi connectivity index (χ0v) is 14.3. The number of anilines is 1. The Morgan fingerprint density at radius 1 is 1.33 bits per heavy atom. The van der Waals surface area contributed by atoms with Crippen LogP contribution in [-0.2, 0) is 16.0 Å². The highest BCUT2D eigenvalue weighted by molar-refractivity contribution is 7.13. The Labute approximate surface area is 145 Å². The van der Waals surface area contributed by atoms with Crippen LogP contribution >= 0.6 is 11.3 Å². The topological polar surface area (TPSA) is 80.5 Å². The van der Waals surface area contributed by atoms with Crippen molar-refractivity contribution in [2.45, 2.75) is 6.42 Å². The summed E-state index contributed by atoms with van der Waals surface area (Å²) in [6.45, 7) is 4.93. The first-order valence-corrected chi connectivity index (χ1v) is 8.96. The lowest BCUT2D eigenvalue weighted by Gasteiger charge is -2.26. The highest BCUT2D eigenvalue weighted by Gasteiger charge is 2.12. The van der Waals surface area contributed by atoms with E-state index in [1.165, 1.54) is 11.3 Å². The number of ether oxygens (including phenoxy) is 1. The Morgan fingerprint density at radius 3 is 2.92 bits per heavy atom. The molecule has 0 aliphatic carbocycles. The lowest BCUT2D eigenvalue weighted by atomic mass is 10.2. The van der Waals surface area contributed by atoms with Crippen LogP contribution in [0.1, 0.15) is 5.69 Å². The van der Waals surface area contributed by atoms with Crippen LogP contribution < -0.4 is 11.1 Å². The van der Waals surface area contributed by atoms with Gasteiger partial charge in [0.05, 0.1) is 25.3 Å². The van der Waals surface area contributed by atoms with Crippen molar-refractivity contribution in [2.24, 2.45) is 0 Å². The molecule has 1 amide bonds. The fraction of sp³-hybridized carbons (Fsp3) is 0.412. The third-order valence-electron chi connectivity index (χ3n) is 3.94. The maximum atomic E-state index is 12.1. The number of rotatable bonds is 6. The van der Waals surface area contributed by atoms with E-state index in [0.717, 1.165) is 49.1 Å². The summed E-state index contributed by atoms with van der Waals surface area (Å²) in [5.74, 6) is 0.00106. The van der Waals surface area contributed by atoms with Gasteiger partial charge in [0.1, 0.15) is 5.01 Å². The van der Waals surface area contributed by atoms with Gasteiger partial charge in [-0.25, -0.2) is 4.98 Å². The molecule has 0 spiro atoms. The van der Waals surface area contributed by atoms with E-state index in [0.29, 0.717) is 18.7 Å². The second kappa shape index (κ2) is 8.23. The molecular weight excluding hydrogens is 324 g/mol. The molecule has 7 heteroatoms. The second-order valence-corrected chi connectivity index (χ2v) is 6.57. The van der Waals surface area contributed by atoms with E-state index in [1.54, 1.807) is 0 Å². The third-order valence-corrected chi connectivity index (χ3v) is 4.86. The number of carbonyl (C=O) groups is 1. The van der Waals surface area contributed by atoms with E-state index in [2.05, 4.69) is 15.2 Å². The molecule has 0 bridgehead atoms. The number of benzene rings is 1. The highest BCUT2D eigenvalue weighted by atomic mass is 32.1. The van der Waals surface area contributed by atoms with Crippen LogP contribution in [0.5, 0.6) is 0 Å². The monoisotopic (exact) mass is 346 g/mol. The minimum absolute atomic E-state index is 0.00106. The fourth-order valence-corrected chi connectivity index (χ4v) is 3.48. The number of nitrogens with two attached hydrogens (primary N) is 1. The first kappa shape index (κ1) is 16.9. The molecule has 1 fully saturated rings. The summed E-state index contributed by atoms with van der Waals surface area (Å²) in [5, 5.41) is 5.73. The first-order valence-electron chi connectivity index (χ1n) is 8.08. The first-order chi connectivity index (χ1) is 11.7. The van der Waals surface area contributed by atoms with E-state index in [1.807, 2.05) is 29.6 Å². The standard InChI is InChI=1S/C17H22N4O2S/c18-15-4-2-1-3-14(15)17-20-13(12-24-17)11-16(22)19-5-6-21-7-9-23-10-8-21/h1-4,12H,5-11,18H2,(H,19,22). The molecule has 0 saturated carbocycles. The molecule has 1 aliphatic rings. The Morgan fingerprint density at radius 2 is 2.12 bits per heavy atom. The van der Waals surface area contributed by atoms with Crippen molar-refractivity contribution in [3.05, 3.63) is 35.3 Å². The molecule has 0 radical (unpaired) electrons. The number of nitrogen functional groups attached to an aromatic ring is 1. The number of carbonyl (C=O) groups excluding carboxylic acids is 1. The van der Waals surface area contributed by atoms with E-state index in [4.69, 9.17) is 10.5 Å².